The lowest BCUT2D eigenvalue weighted by Gasteiger charge is -2.36. The van der Waals surface area contributed by atoms with Crippen LogP contribution in [0.15, 0.2) is 212 Å². The Morgan fingerprint density at radius 3 is 1.61 bits per heavy atom. The number of hydrogen-bond donors (Lipinski definition) is 0. The molecule has 0 aliphatic heterocycles. The Hall–Kier alpha value is -7.22. The molecule has 0 saturated carbocycles. The molecular weight excluding hydrogens is 687 g/mol. The van der Waals surface area contributed by atoms with Gasteiger partial charge in [0.25, 0.3) is 0 Å². The highest BCUT2D eigenvalue weighted by atomic mass is 15.2. The fourth-order valence-electron chi connectivity index (χ4n) is 9.49. The molecular formula is C56H39N. The summed E-state index contributed by atoms with van der Waals surface area (Å²) in [5.74, 6) is 0. The predicted molar refractivity (Wildman–Crippen MR) is 244 cm³/mol. The fourth-order valence-corrected chi connectivity index (χ4v) is 9.49. The van der Waals surface area contributed by atoms with Crippen molar-refractivity contribution >= 4 is 60.5 Å². The lowest BCUT2D eigenvalue weighted by molar-refractivity contribution is 0.774. The minimum Gasteiger partial charge on any atom is -0.334 e. The second-order valence-corrected chi connectivity index (χ2v) is 15.1. The van der Waals surface area contributed by atoms with E-state index in [1.165, 1.54) is 99.0 Å². The highest BCUT2D eigenvalue weighted by Gasteiger charge is 2.29. The van der Waals surface area contributed by atoms with Crippen molar-refractivity contribution in [2.24, 2.45) is 0 Å². The first-order chi connectivity index (χ1) is 28.3. The van der Waals surface area contributed by atoms with Gasteiger partial charge in [-0.3, -0.25) is 0 Å². The van der Waals surface area contributed by atoms with E-state index >= 15 is 0 Å². The molecule has 1 atom stereocenters. The van der Waals surface area contributed by atoms with Gasteiger partial charge in [0, 0.05) is 11.1 Å². The van der Waals surface area contributed by atoms with Crippen LogP contribution in [-0.4, -0.2) is 6.04 Å². The summed E-state index contributed by atoms with van der Waals surface area (Å²) >= 11 is 0. The molecule has 0 aromatic heterocycles. The van der Waals surface area contributed by atoms with Crippen LogP contribution in [0.3, 0.4) is 0 Å². The van der Waals surface area contributed by atoms with Crippen molar-refractivity contribution in [3.8, 4) is 33.4 Å². The molecule has 10 aromatic rings. The number of anilines is 2. The van der Waals surface area contributed by atoms with E-state index in [9.17, 15) is 0 Å². The van der Waals surface area contributed by atoms with E-state index in [-0.39, 0.29) is 6.04 Å². The van der Waals surface area contributed by atoms with Gasteiger partial charge in [-0.25, -0.2) is 0 Å². The van der Waals surface area contributed by atoms with Crippen LogP contribution < -0.4 is 4.90 Å². The molecule has 11 rings (SSSR count). The van der Waals surface area contributed by atoms with Gasteiger partial charge in [-0.2, -0.15) is 0 Å². The number of nitrogens with zero attached hydrogens (tertiary/aromatic N) is 1. The average molecular weight is 726 g/mol. The Morgan fingerprint density at radius 1 is 0.404 bits per heavy atom. The standard InChI is InChI=1S/C56H39N/c1-5-19-38(20-6-1)50-37-51(39-21-7-2-8-22-39)55-49-34-33-43(36-52(49)46-30-16-18-32-48(46)56(55)54(50)40-23-9-3-10-24-40)57(42-26-11-4-12-27-42)53-35-41-25-13-14-28-44(41)45-29-15-17-31-47(45)53/h1-35,37,43H,36H2. The van der Waals surface area contributed by atoms with Gasteiger partial charge in [-0.05, 0) is 113 Å². The Bertz CT molecular complexity index is 3130. The van der Waals surface area contributed by atoms with Crippen LogP contribution in [0.1, 0.15) is 11.1 Å². The van der Waals surface area contributed by atoms with E-state index in [1.807, 2.05) is 0 Å². The quantitative estimate of drug-likeness (QED) is 0.154. The van der Waals surface area contributed by atoms with Gasteiger partial charge >= 0.3 is 0 Å². The third kappa shape index (κ3) is 5.54. The first-order valence-electron chi connectivity index (χ1n) is 20.0. The average Bonchev–Trinajstić information content (AvgIpc) is 3.30. The summed E-state index contributed by atoms with van der Waals surface area (Å²) in [6.07, 6.45) is 5.77. The van der Waals surface area contributed by atoms with Crippen LogP contribution in [0.4, 0.5) is 11.4 Å². The summed E-state index contributed by atoms with van der Waals surface area (Å²) in [5.41, 5.74) is 12.6. The zero-order valence-electron chi connectivity index (χ0n) is 31.5. The van der Waals surface area contributed by atoms with Gasteiger partial charge in [0.05, 0.1) is 11.7 Å². The Labute approximate surface area is 333 Å². The lowest BCUT2D eigenvalue weighted by atomic mass is 9.78. The third-order valence-corrected chi connectivity index (χ3v) is 11.9. The van der Waals surface area contributed by atoms with E-state index in [2.05, 4.69) is 223 Å². The van der Waals surface area contributed by atoms with Crippen molar-refractivity contribution in [3.63, 3.8) is 0 Å². The van der Waals surface area contributed by atoms with Gasteiger partial charge < -0.3 is 4.90 Å². The first-order valence-corrected chi connectivity index (χ1v) is 20.0. The maximum absolute atomic E-state index is 2.58. The molecule has 0 bridgehead atoms. The number of para-hydroxylation sites is 1. The molecule has 0 heterocycles. The second-order valence-electron chi connectivity index (χ2n) is 15.1. The van der Waals surface area contributed by atoms with Crippen LogP contribution in [0.5, 0.6) is 0 Å². The van der Waals surface area contributed by atoms with Crippen molar-refractivity contribution in [1.29, 1.82) is 0 Å². The van der Waals surface area contributed by atoms with Crippen molar-refractivity contribution < 1.29 is 0 Å². The van der Waals surface area contributed by atoms with Gasteiger partial charge in [-0.1, -0.05) is 194 Å². The highest BCUT2D eigenvalue weighted by molar-refractivity contribution is 6.25. The van der Waals surface area contributed by atoms with Crippen molar-refractivity contribution in [2.75, 3.05) is 4.90 Å². The van der Waals surface area contributed by atoms with Crippen LogP contribution in [0.2, 0.25) is 0 Å². The smallest absolute Gasteiger partial charge is 0.0566 e. The van der Waals surface area contributed by atoms with Crippen LogP contribution >= 0.6 is 0 Å². The number of benzene rings is 10. The van der Waals surface area contributed by atoms with E-state index in [1.54, 1.807) is 0 Å². The monoisotopic (exact) mass is 725 g/mol. The Kier molecular flexibility index (Phi) is 8.03. The molecule has 0 amide bonds. The summed E-state index contributed by atoms with van der Waals surface area (Å²) in [6, 6.07) is 75.6. The summed E-state index contributed by atoms with van der Waals surface area (Å²) < 4.78 is 0. The van der Waals surface area contributed by atoms with Crippen molar-refractivity contribution in [2.45, 2.75) is 12.5 Å². The van der Waals surface area contributed by atoms with Gasteiger partial charge in [0.1, 0.15) is 0 Å². The number of fused-ring (bicyclic) bond motifs is 9. The molecule has 0 spiro atoms. The van der Waals surface area contributed by atoms with Crippen molar-refractivity contribution in [1.82, 2.24) is 0 Å². The summed E-state index contributed by atoms with van der Waals surface area (Å²) in [7, 11) is 0. The Morgan fingerprint density at radius 2 is 0.930 bits per heavy atom. The maximum Gasteiger partial charge on any atom is 0.0566 e. The second kappa shape index (κ2) is 13.8. The molecule has 1 heteroatoms. The largest absolute Gasteiger partial charge is 0.334 e. The molecule has 1 aliphatic carbocycles. The number of rotatable bonds is 6. The van der Waals surface area contributed by atoms with Gasteiger partial charge in [0.15, 0.2) is 0 Å². The van der Waals surface area contributed by atoms with Crippen LogP contribution in [-0.2, 0) is 6.42 Å². The molecule has 1 unspecified atom stereocenters. The van der Waals surface area contributed by atoms with Gasteiger partial charge in [-0.15, -0.1) is 0 Å². The molecule has 268 valence electrons. The van der Waals surface area contributed by atoms with Crippen molar-refractivity contribution in [3.05, 3.63) is 223 Å². The van der Waals surface area contributed by atoms with E-state index in [0.717, 1.165) is 6.42 Å². The van der Waals surface area contributed by atoms with E-state index in [4.69, 9.17) is 0 Å². The van der Waals surface area contributed by atoms with E-state index < -0.39 is 0 Å². The molecule has 0 N–H and O–H groups in total. The maximum atomic E-state index is 2.58. The fraction of sp³-hybridized carbons (Fsp3) is 0.0357. The number of hydrogen-bond acceptors (Lipinski definition) is 1. The van der Waals surface area contributed by atoms with Crippen LogP contribution in [0, 0.1) is 0 Å². The Balaban J connectivity index is 1.22. The zero-order valence-corrected chi connectivity index (χ0v) is 31.5. The van der Waals surface area contributed by atoms with E-state index in [0.29, 0.717) is 0 Å². The normalized spacial score (nSPS) is 13.6. The molecule has 10 aromatic carbocycles. The molecule has 1 aliphatic rings. The molecule has 57 heavy (non-hydrogen) atoms. The first kappa shape index (κ1) is 33.1. The summed E-state index contributed by atoms with van der Waals surface area (Å²) in [4.78, 5) is 2.58. The molecule has 1 nitrogen and oxygen atoms in total. The molecule has 0 fully saturated rings. The van der Waals surface area contributed by atoms with Gasteiger partial charge in [0.2, 0.25) is 0 Å². The topological polar surface area (TPSA) is 3.24 Å². The minimum absolute atomic E-state index is 0.0719. The third-order valence-electron chi connectivity index (χ3n) is 11.9. The molecule has 0 radical (unpaired) electrons. The SMILES string of the molecule is C1=CC(N(c2ccccc2)c2cc3ccccc3c3ccccc23)Cc2c1c1c(-c3ccccc3)cc(-c3ccccc3)c(-c3ccccc3)c1c1ccccc21. The molecule has 0 saturated heterocycles. The minimum atomic E-state index is 0.0719. The predicted octanol–water partition coefficient (Wildman–Crippen LogP) is 15.1. The zero-order chi connectivity index (χ0) is 37.7. The van der Waals surface area contributed by atoms with Crippen LogP contribution in [0.25, 0.3) is 82.5 Å². The lowest BCUT2D eigenvalue weighted by Crippen LogP contribution is -2.33. The highest BCUT2D eigenvalue weighted by Crippen LogP contribution is 2.50. The summed E-state index contributed by atoms with van der Waals surface area (Å²) in [5, 5.41) is 10.3. The summed E-state index contributed by atoms with van der Waals surface area (Å²) in [6.45, 7) is 0.